The van der Waals surface area contributed by atoms with Crippen molar-refractivity contribution in [1.29, 1.82) is 27.0 Å². The molecule has 5 rings (SSSR count). The van der Waals surface area contributed by atoms with E-state index < -0.39 is 197 Å². The number of urea groups is 1. The van der Waals surface area contributed by atoms with Crippen LogP contribution < -0.4 is 147 Å². The molecule has 1 heterocycles. The van der Waals surface area contributed by atoms with Gasteiger partial charge in [-0.2, -0.15) is 25.3 Å². The third kappa shape index (κ3) is 44.9. The predicted octanol–water partition coefficient (Wildman–Crippen LogP) is -6.62. The fraction of sp³-hybridized carbons (Fsp3) is 0.533. The molecule has 0 unspecified atom stereocenters. The number of guanidine groups is 5. The first kappa shape index (κ1) is 119. The highest BCUT2D eigenvalue weighted by atomic mass is 32.1. The van der Waals surface area contributed by atoms with Crippen LogP contribution in [0.15, 0.2) is 91.0 Å². The molecule has 53 heteroatoms. The number of nitrogens with zero attached hydrogens (tertiary/aromatic N) is 1. The molecule has 1 aliphatic rings. The van der Waals surface area contributed by atoms with Crippen molar-refractivity contribution in [2.24, 2.45) is 51.6 Å². The van der Waals surface area contributed by atoms with E-state index in [0.717, 1.165) is 10.8 Å². The lowest BCUT2D eigenvalue weighted by atomic mass is 10.00. The first-order chi connectivity index (χ1) is 68.1. The third-order valence-corrected chi connectivity index (χ3v) is 23.6. The van der Waals surface area contributed by atoms with Gasteiger partial charge in [0.25, 0.3) is 0 Å². The number of carbonyl (C=O) groups is 15. The molecule has 0 bridgehead atoms. The number of fused-ring (bicyclic) bond motifs is 1. The molecular formula is C90H143N33O18S2. The molecule has 0 spiro atoms. The smallest absolute Gasteiger partial charge is 0.326 e. The number of nitrogens with one attached hydrogen (secondary N) is 23. The van der Waals surface area contributed by atoms with Crippen molar-refractivity contribution in [3.63, 3.8) is 0 Å². The standard InChI is InChI=1S/C90H143N33O18S2/c91-35-5-3-17-58(112-72(127)60(20-9-39-107-87(98)99)114-77(132)65(45-50-26-31-55(124)32-27-50)119-81(136)69(49-143)122-79(134)67(47-52-25-30-53-14-1-2-15-54(53)44-52)118-75(130)59(19-8-38-106-86(96)97)111-71(126)57(93)16-7-37-105-85(94)95)74(129)116-63(18-4-6-36-92)83(138)123-43-13-24-70(123)82(137)120-66(46-51-28-33-56(125)34-29-51)78(133)115-61(21-10-40-108-88(100)101)73(128)113-62(22-11-42-110-90(104)141)76(131)121-68(48-142)80(135)117-64(84(139)140)23-12-41-109-89(102)103/h1-2,14-15,25-34,44,57-70,124-125,142-143H,3-13,16-24,35-43,45-49,91-93H2,(H,111,126)(H,112,127)(H,113,128)(H,114,132)(H,115,133)(H,116,129)(H,117,135)(H,118,130)(H,119,136)(H,120,137)(H,121,131)(H,122,134)(H,139,140)(H4,94,95,105)(H4,96,97,106)(H4,98,99,107)(H4,100,101,108)(H4,102,103,109)(H3,104,110,141)/t57-,58-,59-,60-,61-,62-,63-,64-,65-,66-,67-,68-,69-,70-/m0/s1. The first-order valence-electron chi connectivity index (χ1n) is 47.2. The van der Waals surface area contributed by atoms with Gasteiger partial charge in [0, 0.05) is 76.6 Å². The van der Waals surface area contributed by atoms with Crippen molar-refractivity contribution in [2.75, 3.05) is 70.4 Å². The maximum absolute atomic E-state index is 15.4. The van der Waals surface area contributed by atoms with E-state index in [1.54, 1.807) is 18.2 Å². The Hall–Kier alpha value is -14.5. The zero-order chi connectivity index (χ0) is 106. The van der Waals surface area contributed by atoms with Gasteiger partial charge >= 0.3 is 12.0 Å². The number of carboxylic acid groups (broad SMARTS) is 1. The molecule has 4 aromatic rings. The first-order valence-corrected chi connectivity index (χ1v) is 48.4. The molecule has 788 valence electrons. The van der Waals surface area contributed by atoms with E-state index >= 15 is 28.8 Å². The number of aromatic hydroxyl groups is 2. The SMILES string of the molecule is N=C(N)NCCC[C@H](NC(=O)[C@H](CS)NC(=O)[C@H](CCCNC(N)=O)NC(=O)[C@H](CCCNC(=N)N)NC(=O)[C@H](Cc1ccc(O)cc1)NC(=O)[C@@H]1CCCN1C(=O)[C@H](CCCCN)NC(=O)[C@H](CCCCN)NC(=O)[C@H](CCCNC(=N)N)NC(=O)[C@H](Cc1ccc(O)cc1)NC(=O)[C@H](CS)NC(=O)[C@H](Cc1ccc2ccccc2c1)NC(=O)[C@H](CCCNC(=N)N)NC(=O)[C@@H](N)CCCNC(=N)N)C(=O)O. The van der Waals surface area contributed by atoms with Gasteiger partial charge < -0.3 is 168 Å². The number of thiol groups is 2. The topological polar surface area (TPSA) is 890 Å². The quantitative estimate of drug-likeness (QED) is 0.00846. The summed E-state index contributed by atoms with van der Waals surface area (Å²) in [4.78, 5) is 217. The summed E-state index contributed by atoms with van der Waals surface area (Å²) in [6.45, 7) is 0.429. The van der Waals surface area contributed by atoms with E-state index in [1.165, 1.54) is 53.4 Å². The fourth-order valence-corrected chi connectivity index (χ4v) is 15.8. The second-order valence-electron chi connectivity index (χ2n) is 34.3. The van der Waals surface area contributed by atoms with Crippen LogP contribution in [0.1, 0.15) is 145 Å². The number of aliphatic carboxylic acids is 1. The zero-order valence-corrected chi connectivity index (χ0v) is 81.6. The van der Waals surface area contributed by atoms with Crippen LogP contribution in [-0.4, -0.2) is 294 Å². The molecule has 1 saturated heterocycles. The Balaban J connectivity index is 1.47. The molecule has 4 aromatic carbocycles. The van der Waals surface area contributed by atoms with E-state index in [1.807, 2.05) is 24.3 Å². The van der Waals surface area contributed by atoms with Crippen molar-refractivity contribution >= 4 is 155 Å². The minimum absolute atomic E-state index is 0.00313. The Morgan fingerprint density at radius 3 is 1.01 bits per heavy atom. The van der Waals surface area contributed by atoms with Gasteiger partial charge in [-0.3, -0.25) is 89.4 Å². The molecular weight excluding hydrogens is 1900 g/mol. The molecule has 0 radical (unpaired) electrons. The predicted molar refractivity (Wildman–Crippen MR) is 541 cm³/mol. The second-order valence-corrected chi connectivity index (χ2v) is 35.0. The largest absolute Gasteiger partial charge is 0.508 e. The van der Waals surface area contributed by atoms with Gasteiger partial charge in [0.15, 0.2) is 29.8 Å². The van der Waals surface area contributed by atoms with E-state index in [9.17, 15) is 58.5 Å². The van der Waals surface area contributed by atoms with Gasteiger partial charge in [0.2, 0.25) is 76.8 Å². The molecule has 15 amide bonds. The number of unbranched alkanes of at least 4 members (excludes halogenated alkanes) is 2. The number of phenolic OH excluding ortho intramolecular Hbond substituents is 2. The van der Waals surface area contributed by atoms with Gasteiger partial charge in [-0.05, 0) is 193 Å². The van der Waals surface area contributed by atoms with Crippen molar-refractivity contribution < 1.29 is 87.2 Å². The summed E-state index contributed by atoms with van der Waals surface area (Å²) in [6.07, 6.45) is 0.0430. The maximum atomic E-state index is 15.4. The van der Waals surface area contributed by atoms with Crippen molar-refractivity contribution in [2.45, 2.75) is 232 Å². The Morgan fingerprint density at radius 2 is 0.636 bits per heavy atom. The number of nitrogens with two attached hydrogens (primary N) is 9. The number of carbonyl (C=O) groups excluding carboxylic acids is 14. The molecule has 14 atom stereocenters. The average molecular weight is 2040 g/mol. The molecule has 0 saturated carbocycles. The number of hydrogen-bond acceptors (Lipinski definition) is 27. The highest BCUT2D eigenvalue weighted by molar-refractivity contribution is 7.80. The van der Waals surface area contributed by atoms with Crippen molar-refractivity contribution in [3.05, 3.63) is 108 Å². The number of carboxylic acids is 1. The lowest BCUT2D eigenvalue weighted by molar-refractivity contribution is -0.142. The summed E-state index contributed by atoms with van der Waals surface area (Å²) in [6, 6.07) is 2.02. The van der Waals surface area contributed by atoms with Gasteiger partial charge in [-0.25, -0.2) is 9.59 Å². The molecule has 51 nitrogen and oxygen atoms in total. The monoisotopic (exact) mass is 2040 g/mol. The van der Waals surface area contributed by atoms with E-state index in [-0.39, 0.29) is 217 Å². The summed E-state index contributed by atoms with van der Waals surface area (Å²) in [5.41, 5.74) is 52.3. The van der Waals surface area contributed by atoms with Gasteiger partial charge in [0.05, 0.1) is 6.04 Å². The molecule has 143 heavy (non-hydrogen) atoms. The fourth-order valence-electron chi connectivity index (χ4n) is 15.3. The van der Waals surface area contributed by atoms with Crippen molar-refractivity contribution in [1.82, 2.24) is 101 Å². The highest BCUT2D eigenvalue weighted by Crippen LogP contribution is 2.24. The Kier molecular flexibility index (Phi) is 53.3. The summed E-state index contributed by atoms with van der Waals surface area (Å²) in [7, 11) is 0. The molecule has 0 aliphatic carbocycles. The number of benzene rings is 4. The Morgan fingerprint density at radius 1 is 0.343 bits per heavy atom. The summed E-state index contributed by atoms with van der Waals surface area (Å²) in [5, 5.41) is 118. The minimum atomic E-state index is -1.63. The Bertz CT molecular complexity index is 4940. The van der Waals surface area contributed by atoms with E-state index in [2.05, 4.69) is 121 Å². The lowest BCUT2D eigenvalue weighted by Crippen LogP contribution is -2.61. The van der Waals surface area contributed by atoms with Crippen LogP contribution >= 0.6 is 25.3 Å². The van der Waals surface area contributed by atoms with Crippen LogP contribution in [0.4, 0.5) is 4.79 Å². The van der Waals surface area contributed by atoms with E-state index in [0.29, 0.717) is 36.0 Å². The van der Waals surface area contributed by atoms with E-state index in [4.69, 9.17) is 78.6 Å². The van der Waals surface area contributed by atoms with Crippen molar-refractivity contribution in [3.8, 4) is 11.5 Å². The average Bonchev–Trinajstić information content (AvgIpc) is 1.45. The second kappa shape index (κ2) is 64.1. The number of amides is 15. The number of rotatable bonds is 66. The molecule has 1 aliphatic heterocycles. The summed E-state index contributed by atoms with van der Waals surface area (Å²) >= 11 is 8.69. The summed E-state index contributed by atoms with van der Waals surface area (Å²) < 4.78 is 0. The van der Waals surface area contributed by atoms with Crippen LogP contribution in [0.25, 0.3) is 10.8 Å². The molecule has 1 fully saturated rings. The highest BCUT2D eigenvalue weighted by Gasteiger charge is 2.42. The van der Waals surface area contributed by atoms with Gasteiger partial charge in [-0.1, -0.05) is 66.7 Å². The number of primary amides is 1. The van der Waals surface area contributed by atoms with Crippen LogP contribution in [0.2, 0.25) is 0 Å². The zero-order valence-electron chi connectivity index (χ0n) is 79.8. The van der Waals surface area contributed by atoms with Crippen LogP contribution in [0, 0.1) is 27.0 Å². The van der Waals surface area contributed by atoms with Crippen LogP contribution in [0.3, 0.4) is 0 Å². The summed E-state index contributed by atoms with van der Waals surface area (Å²) in [5.74, 6) is -16.5. The van der Waals surface area contributed by atoms with Gasteiger partial charge in [0.1, 0.15) is 90.0 Å². The van der Waals surface area contributed by atoms with Crippen LogP contribution in [-0.2, 0) is 86.4 Å². The van der Waals surface area contributed by atoms with Gasteiger partial charge in [-0.15, -0.1) is 0 Å². The number of likely N-dealkylation sites (tertiary alicyclic amines) is 1. The normalized spacial score (nSPS) is 14.8. The third-order valence-electron chi connectivity index (χ3n) is 22.9. The number of phenols is 2. The molecule has 0 aromatic heterocycles. The Labute approximate surface area is 838 Å². The lowest BCUT2D eigenvalue weighted by Gasteiger charge is -2.31. The van der Waals surface area contributed by atoms with Crippen LogP contribution in [0.5, 0.6) is 11.5 Å². The minimum Gasteiger partial charge on any atom is -0.508 e. The maximum Gasteiger partial charge on any atom is 0.326 e. The number of hydrogen-bond donors (Lipinski definition) is 37. The molecule has 44 N–H and O–H groups in total.